The van der Waals surface area contributed by atoms with E-state index in [9.17, 15) is 0 Å². The second-order valence-electron chi connectivity index (χ2n) is 3.90. The Morgan fingerprint density at radius 1 is 0.778 bits per heavy atom. The molecule has 2 rings (SSSR count). The first-order chi connectivity index (χ1) is 8.77. The Balaban J connectivity index is 2.20. The largest absolute Gasteiger partial charge is 0.382 e. The maximum atomic E-state index is 5.86. The van der Waals surface area contributed by atoms with E-state index < -0.39 is 0 Å². The summed E-state index contributed by atoms with van der Waals surface area (Å²) >= 11 is 0. The fraction of sp³-hybridized carbons (Fsp3) is 0.0667. The molecule has 0 heterocycles. The Morgan fingerprint density at radius 3 is 1.83 bits per heavy atom. The quantitative estimate of drug-likeness (QED) is 0.498. The van der Waals surface area contributed by atoms with Gasteiger partial charge >= 0.3 is 0 Å². The topological polar surface area (TPSA) is 50.7 Å². The molecule has 2 aromatic rings. The zero-order chi connectivity index (χ0) is 12.8. The highest BCUT2D eigenvalue weighted by Crippen LogP contribution is 2.02. The molecule has 3 nitrogen and oxygen atoms in total. The van der Waals surface area contributed by atoms with Crippen molar-refractivity contribution in [1.29, 1.82) is 0 Å². The Bertz CT molecular complexity index is 503. The molecule has 0 atom stereocenters. The predicted molar refractivity (Wildman–Crippen MR) is 75.8 cm³/mol. The molecule has 0 aliphatic rings. The van der Waals surface area contributed by atoms with Crippen LogP contribution in [0.1, 0.15) is 18.1 Å². The van der Waals surface area contributed by atoms with E-state index in [1.807, 2.05) is 67.6 Å². The molecule has 18 heavy (non-hydrogen) atoms. The van der Waals surface area contributed by atoms with Crippen LogP contribution in [0.2, 0.25) is 0 Å². The average Bonchev–Trinajstić information content (AvgIpc) is 2.46. The highest BCUT2D eigenvalue weighted by molar-refractivity contribution is 6.01. The lowest BCUT2D eigenvalue weighted by Crippen LogP contribution is -2.12. The average molecular weight is 237 g/mol. The first kappa shape index (κ1) is 12.0. The molecule has 0 spiro atoms. The molecule has 0 unspecified atom stereocenters. The van der Waals surface area contributed by atoms with E-state index in [4.69, 9.17) is 5.73 Å². The van der Waals surface area contributed by atoms with Crippen molar-refractivity contribution in [1.82, 2.24) is 0 Å². The number of nitrogens with two attached hydrogens (primary N) is 1. The van der Waals surface area contributed by atoms with Gasteiger partial charge in [0, 0.05) is 5.56 Å². The van der Waals surface area contributed by atoms with Crippen LogP contribution in [0.4, 0.5) is 0 Å². The van der Waals surface area contributed by atoms with Gasteiger partial charge in [-0.25, -0.2) is 0 Å². The van der Waals surface area contributed by atoms with Crippen LogP contribution in [0.3, 0.4) is 0 Å². The molecule has 90 valence electrons. The molecule has 2 aromatic carbocycles. The van der Waals surface area contributed by atoms with Crippen LogP contribution in [0, 0.1) is 0 Å². The van der Waals surface area contributed by atoms with Gasteiger partial charge < -0.3 is 5.73 Å². The molecule has 0 bridgehead atoms. The molecule has 3 heteroatoms. The van der Waals surface area contributed by atoms with E-state index in [1.165, 1.54) is 0 Å². The van der Waals surface area contributed by atoms with Crippen molar-refractivity contribution in [2.24, 2.45) is 15.9 Å². The summed E-state index contributed by atoms with van der Waals surface area (Å²) < 4.78 is 0. The molecular weight excluding hydrogens is 222 g/mol. The Labute approximate surface area is 107 Å². The molecule has 0 aromatic heterocycles. The van der Waals surface area contributed by atoms with Crippen LogP contribution in [0.5, 0.6) is 0 Å². The zero-order valence-corrected chi connectivity index (χ0v) is 10.2. The van der Waals surface area contributed by atoms with Gasteiger partial charge in [-0.15, -0.1) is 5.10 Å². The van der Waals surface area contributed by atoms with E-state index in [2.05, 4.69) is 10.2 Å². The van der Waals surface area contributed by atoms with Crippen LogP contribution in [-0.4, -0.2) is 11.5 Å². The highest BCUT2D eigenvalue weighted by Gasteiger charge is 1.97. The SMILES string of the molecule is C/C(=N/N=C(/N)c1ccccc1)c1ccccc1. The van der Waals surface area contributed by atoms with Gasteiger partial charge in [0.1, 0.15) is 0 Å². The summed E-state index contributed by atoms with van der Waals surface area (Å²) in [4.78, 5) is 0. The predicted octanol–water partition coefficient (Wildman–Crippen LogP) is 2.82. The molecule has 0 fully saturated rings. The number of amidine groups is 1. The van der Waals surface area contributed by atoms with E-state index in [-0.39, 0.29) is 0 Å². The van der Waals surface area contributed by atoms with E-state index in [1.54, 1.807) is 0 Å². The number of hydrogen-bond donors (Lipinski definition) is 1. The first-order valence-electron chi connectivity index (χ1n) is 5.76. The number of hydrogen-bond acceptors (Lipinski definition) is 2. The second kappa shape index (κ2) is 5.77. The van der Waals surface area contributed by atoms with Gasteiger partial charge in [0.05, 0.1) is 5.71 Å². The van der Waals surface area contributed by atoms with Gasteiger partial charge in [-0.3, -0.25) is 0 Å². The summed E-state index contributed by atoms with van der Waals surface area (Å²) in [6.45, 7) is 1.91. The number of benzene rings is 2. The maximum absolute atomic E-state index is 5.86. The van der Waals surface area contributed by atoms with E-state index in [0.717, 1.165) is 16.8 Å². The van der Waals surface area contributed by atoms with Crippen molar-refractivity contribution in [2.45, 2.75) is 6.92 Å². The summed E-state index contributed by atoms with van der Waals surface area (Å²) in [6, 6.07) is 19.5. The molecule has 0 radical (unpaired) electrons. The van der Waals surface area contributed by atoms with Crippen molar-refractivity contribution < 1.29 is 0 Å². The van der Waals surface area contributed by atoms with Crippen molar-refractivity contribution in [2.75, 3.05) is 0 Å². The summed E-state index contributed by atoms with van der Waals surface area (Å²) in [5.41, 5.74) is 8.63. The van der Waals surface area contributed by atoms with Crippen molar-refractivity contribution in [3.05, 3.63) is 71.8 Å². The van der Waals surface area contributed by atoms with Crippen LogP contribution >= 0.6 is 0 Å². The summed E-state index contributed by atoms with van der Waals surface area (Å²) in [7, 11) is 0. The standard InChI is InChI=1S/C15H15N3/c1-12(13-8-4-2-5-9-13)17-18-15(16)14-10-6-3-7-11-14/h2-11H,1H3,(H2,16,18)/b17-12-. The molecule has 0 aliphatic carbocycles. The Hall–Kier alpha value is -2.42. The summed E-state index contributed by atoms with van der Waals surface area (Å²) in [5.74, 6) is 0.422. The molecular formula is C15H15N3. The minimum absolute atomic E-state index is 0.422. The Morgan fingerprint density at radius 2 is 1.28 bits per heavy atom. The van der Waals surface area contributed by atoms with Crippen molar-refractivity contribution >= 4 is 11.5 Å². The normalized spacial score (nSPS) is 12.5. The third-order valence-corrected chi connectivity index (χ3v) is 2.57. The fourth-order valence-electron chi connectivity index (χ4n) is 1.53. The smallest absolute Gasteiger partial charge is 0.153 e. The maximum Gasteiger partial charge on any atom is 0.153 e. The third kappa shape index (κ3) is 3.04. The second-order valence-corrected chi connectivity index (χ2v) is 3.90. The Kier molecular flexibility index (Phi) is 3.86. The summed E-state index contributed by atoms with van der Waals surface area (Å²) in [6.07, 6.45) is 0. The van der Waals surface area contributed by atoms with Gasteiger partial charge in [0.15, 0.2) is 5.84 Å². The first-order valence-corrected chi connectivity index (χ1v) is 5.76. The van der Waals surface area contributed by atoms with Crippen LogP contribution in [-0.2, 0) is 0 Å². The van der Waals surface area contributed by atoms with Gasteiger partial charge in [-0.2, -0.15) is 5.10 Å². The molecule has 2 N–H and O–H groups in total. The molecule has 0 saturated heterocycles. The zero-order valence-electron chi connectivity index (χ0n) is 10.2. The monoisotopic (exact) mass is 237 g/mol. The van der Waals surface area contributed by atoms with Crippen molar-refractivity contribution in [3.63, 3.8) is 0 Å². The van der Waals surface area contributed by atoms with E-state index >= 15 is 0 Å². The third-order valence-electron chi connectivity index (χ3n) is 2.57. The number of nitrogens with zero attached hydrogens (tertiary/aromatic N) is 2. The minimum Gasteiger partial charge on any atom is -0.382 e. The molecule has 0 amide bonds. The van der Waals surface area contributed by atoms with Gasteiger partial charge in [-0.1, -0.05) is 60.7 Å². The van der Waals surface area contributed by atoms with Crippen LogP contribution in [0.15, 0.2) is 70.9 Å². The number of rotatable bonds is 3. The van der Waals surface area contributed by atoms with Crippen molar-refractivity contribution in [3.8, 4) is 0 Å². The van der Waals surface area contributed by atoms with Crippen LogP contribution in [0.25, 0.3) is 0 Å². The summed E-state index contributed by atoms with van der Waals surface area (Å²) in [5, 5.41) is 8.20. The highest BCUT2D eigenvalue weighted by atomic mass is 15.2. The van der Waals surface area contributed by atoms with Gasteiger partial charge in [-0.05, 0) is 12.5 Å². The lowest BCUT2D eigenvalue weighted by atomic mass is 10.1. The fourth-order valence-corrected chi connectivity index (χ4v) is 1.53. The van der Waals surface area contributed by atoms with Crippen LogP contribution < -0.4 is 5.73 Å². The van der Waals surface area contributed by atoms with Gasteiger partial charge in [0.2, 0.25) is 0 Å². The lowest BCUT2D eigenvalue weighted by molar-refractivity contribution is 1.21. The molecule has 0 aliphatic heterocycles. The van der Waals surface area contributed by atoms with E-state index in [0.29, 0.717) is 5.84 Å². The van der Waals surface area contributed by atoms with Gasteiger partial charge in [0.25, 0.3) is 0 Å². The lowest BCUT2D eigenvalue weighted by Gasteiger charge is -1.99. The molecule has 0 saturated carbocycles. The minimum atomic E-state index is 0.422.